The van der Waals surface area contributed by atoms with Crippen LogP contribution in [0.25, 0.3) is 0 Å². The van der Waals surface area contributed by atoms with E-state index < -0.39 is 47.1 Å². The molecule has 1 fully saturated rings. The zero-order valence-corrected chi connectivity index (χ0v) is 17.4. The van der Waals surface area contributed by atoms with Gasteiger partial charge in [0, 0.05) is 18.2 Å². The average molecular weight is 431 g/mol. The Balaban J connectivity index is 1.99. The van der Waals surface area contributed by atoms with Crippen LogP contribution >= 0.6 is 0 Å². The smallest absolute Gasteiger partial charge is 0.278 e. The Hall–Kier alpha value is -2.85. The Bertz CT molecular complexity index is 956. The summed E-state index contributed by atoms with van der Waals surface area (Å²) >= 11 is 0. The highest BCUT2D eigenvalue weighted by atomic mass is 16.6. The number of benzene rings is 1. The molecule has 2 aliphatic rings. The van der Waals surface area contributed by atoms with E-state index in [1.54, 1.807) is 24.3 Å². The maximum Gasteiger partial charge on any atom is 0.278 e. The lowest BCUT2D eigenvalue weighted by atomic mass is 9.85. The number of rotatable bonds is 7. The fourth-order valence-corrected chi connectivity index (χ4v) is 3.81. The second-order valence-electron chi connectivity index (χ2n) is 7.42. The second kappa shape index (κ2) is 8.35. The Morgan fingerprint density at radius 3 is 2.52 bits per heavy atom. The molecule has 0 bridgehead atoms. The minimum atomic E-state index is -2.53. The largest absolute Gasteiger partial charge is 0.467 e. The topological polar surface area (TPSA) is 142 Å². The third-order valence-electron chi connectivity index (χ3n) is 5.58. The van der Waals surface area contributed by atoms with E-state index in [1.165, 1.54) is 25.1 Å². The van der Waals surface area contributed by atoms with E-state index in [0.717, 1.165) is 7.11 Å². The first-order valence-electron chi connectivity index (χ1n) is 9.80. The normalized spacial score (nSPS) is 30.1. The number of hydrogen-bond acceptors (Lipinski definition) is 8. The second-order valence-corrected chi connectivity index (χ2v) is 7.42. The molecule has 0 aromatic heterocycles. The summed E-state index contributed by atoms with van der Waals surface area (Å²) in [6.07, 6.45) is -1.60. The lowest BCUT2D eigenvalue weighted by molar-refractivity contribution is -0.163. The van der Waals surface area contributed by atoms with Gasteiger partial charge in [-0.2, -0.15) is 0 Å². The predicted molar refractivity (Wildman–Crippen MR) is 108 cm³/mol. The highest BCUT2D eigenvalue weighted by Gasteiger charge is 2.74. The third kappa shape index (κ3) is 3.30. The standard InChI is InChI=1S/C22H25NO8/c1-4-5-11-14(24)15(25)16-12(2)17(26)21(31-16)19(28)22(30-3,23-20(21)29)18(27)13-9-7-6-8-10-13/h5-11,14-15,19,24-25,28H,4H2,1-3H3,(H,23,29)/t14-,15-,19+,21+,22+/m0/s1. The van der Waals surface area contributed by atoms with Gasteiger partial charge in [-0.1, -0.05) is 49.4 Å². The van der Waals surface area contributed by atoms with Crippen molar-refractivity contribution in [3.63, 3.8) is 0 Å². The quantitative estimate of drug-likeness (QED) is 0.269. The van der Waals surface area contributed by atoms with Crippen molar-refractivity contribution in [2.24, 2.45) is 0 Å². The molecule has 2 heterocycles. The van der Waals surface area contributed by atoms with Gasteiger partial charge in [0.25, 0.3) is 11.5 Å². The molecular weight excluding hydrogens is 406 g/mol. The van der Waals surface area contributed by atoms with Gasteiger partial charge in [-0.15, -0.1) is 0 Å². The van der Waals surface area contributed by atoms with E-state index in [4.69, 9.17) is 9.47 Å². The third-order valence-corrected chi connectivity index (χ3v) is 5.58. The van der Waals surface area contributed by atoms with Crippen molar-refractivity contribution in [2.75, 3.05) is 7.11 Å². The van der Waals surface area contributed by atoms with E-state index >= 15 is 0 Å². The minimum absolute atomic E-state index is 0.135. The van der Waals surface area contributed by atoms with Crippen LogP contribution in [0.15, 0.2) is 53.8 Å². The summed E-state index contributed by atoms with van der Waals surface area (Å²) in [6.45, 7) is 3.13. The first-order valence-corrected chi connectivity index (χ1v) is 9.80. The number of hydrogen-bond donors (Lipinski definition) is 4. The highest BCUT2D eigenvalue weighted by molar-refractivity contribution is 6.23. The van der Waals surface area contributed by atoms with Crippen LogP contribution in [0.1, 0.15) is 30.6 Å². The maximum absolute atomic E-state index is 13.1. The molecule has 31 heavy (non-hydrogen) atoms. The number of amides is 1. The number of nitrogens with one attached hydrogen (secondary N) is 1. The van der Waals surface area contributed by atoms with E-state index in [0.29, 0.717) is 6.42 Å². The lowest BCUT2D eigenvalue weighted by Gasteiger charge is -2.32. The monoisotopic (exact) mass is 431 g/mol. The van der Waals surface area contributed by atoms with E-state index in [2.05, 4.69) is 5.32 Å². The van der Waals surface area contributed by atoms with Crippen molar-refractivity contribution >= 4 is 17.5 Å². The molecule has 1 aromatic carbocycles. The van der Waals surface area contributed by atoms with Crippen LogP contribution in [0, 0.1) is 0 Å². The van der Waals surface area contributed by atoms with Crippen molar-refractivity contribution in [1.29, 1.82) is 0 Å². The van der Waals surface area contributed by atoms with Gasteiger partial charge in [-0.05, 0) is 13.3 Å². The average Bonchev–Trinajstić information content (AvgIpc) is 3.18. The van der Waals surface area contributed by atoms with Crippen molar-refractivity contribution in [1.82, 2.24) is 5.32 Å². The SMILES string of the molecule is CCC=C[C@H](O)[C@H](O)C1=C(C)C(=O)[C@]2(O1)C(=O)N[C@@](OC)(C(=O)c1ccccc1)[C@@H]2O. The van der Waals surface area contributed by atoms with Crippen LogP contribution in [0.5, 0.6) is 0 Å². The zero-order chi connectivity index (χ0) is 23.0. The van der Waals surface area contributed by atoms with Crippen molar-refractivity contribution in [3.8, 4) is 0 Å². The number of aliphatic hydroxyl groups excluding tert-OH is 3. The fourth-order valence-electron chi connectivity index (χ4n) is 3.81. The van der Waals surface area contributed by atoms with Gasteiger partial charge in [-0.3, -0.25) is 14.4 Å². The van der Waals surface area contributed by atoms with Crippen molar-refractivity contribution in [2.45, 2.75) is 49.9 Å². The molecule has 4 N–H and O–H groups in total. The summed E-state index contributed by atoms with van der Waals surface area (Å²) < 4.78 is 10.8. The van der Waals surface area contributed by atoms with E-state index in [-0.39, 0.29) is 16.9 Å². The number of carbonyl (C=O) groups excluding carboxylic acids is 3. The lowest BCUT2D eigenvalue weighted by Crippen LogP contribution is -2.60. The molecule has 1 spiro atoms. The summed E-state index contributed by atoms with van der Waals surface area (Å²) in [5.74, 6) is -3.15. The van der Waals surface area contributed by atoms with Gasteiger partial charge in [0.2, 0.25) is 17.3 Å². The molecule has 0 saturated carbocycles. The fraction of sp³-hybridized carbons (Fsp3) is 0.409. The summed E-state index contributed by atoms with van der Waals surface area (Å²) in [5, 5.41) is 34.0. The zero-order valence-electron chi connectivity index (χ0n) is 17.4. The van der Waals surface area contributed by atoms with Gasteiger partial charge >= 0.3 is 0 Å². The van der Waals surface area contributed by atoms with Gasteiger partial charge in [0.1, 0.15) is 18.0 Å². The maximum atomic E-state index is 13.1. The molecular formula is C22H25NO8. The molecule has 0 unspecified atom stereocenters. The summed E-state index contributed by atoms with van der Waals surface area (Å²) in [4.78, 5) is 39.2. The number of Topliss-reactive ketones (excluding diaryl/α,β-unsaturated/α-hetero) is 2. The number of methoxy groups -OCH3 is 1. The minimum Gasteiger partial charge on any atom is -0.467 e. The molecule has 2 aliphatic heterocycles. The van der Waals surface area contributed by atoms with Crippen LogP contribution in [-0.4, -0.2) is 69.5 Å². The van der Waals surface area contributed by atoms with Crippen molar-refractivity contribution < 1.29 is 39.2 Å². The number of aliphatic hydroxyl groups is 3. The van der Waals surface area contributed by atoms with E-state index in [1.807, 2.05) is 6.92 Å². The Morgan fingerprint density at radius 2 is 1.94 bits per heavy atom. The Labute approximate surface area is 179 Å². The molecule has 0 aliphatic carbocycles. The van der Waals surface area contributed by atoms with Gasteiger partial charge in [0.05, 0.1) is 0 Å². The number of ether oxygens (including phenoxy) is 2. The van der Waals surface area contributed by atoms with Crippen LogP contribution in [0.2, 0.25) is 0 Å². The predicted octanol–water partition coefficient (Wildman–Crippen LogP) is 0.00280. The molecule has 5 atom stereocenters. The molecule has 9 heteroatoms. The van der Waals surface area contributed by atoms with Gasteiger partial charge in [0.15, 0.2) is 6.10 Å². The molecule has 166 valence electrons. The Morgan fingerprint density at radius 1 is 1.29 bits per heavy atom. The molecule has 0 radical (unpaired) electrons. The molecule has 9 nitrogen and oxygen atoms in total. The molecule has 1 aromatic rings. The van der Waals surface area contributed by atoms with E-state index in [9.17, 15) is 29.7 Å². The van der Waals surface area contributed by atoms with Gasteiger partial charge in [-0.25, -0.2) is 0 Å². The van der Waals surface area contributed by atoms with Crippen LogP contribution in [0.3, 0.4) is 0 Å². The molecule has 3 rings (SSSR count). The summed E-state index contributed by atoms with van der Waals surface area (Å²) in [7, 11) is 1.11. The summed E-state index contributed by atoms with van der Waals surface area (Å²) in [5.41, 5.74) is -4.83. The summed E-state index contributed by atoms with van der Waals surface area (Å²) in [6, 6.07) is 7.82. The van der Waals surface area contributed by atoms with Crippen LogP contribution < -0.4 is 5.32 Å². The number of carbonyl (C=O) groups is 3. The van der Waals surface area contributed by atoms with Crippen LogP contribution in [0.4, 0.5) is 0 Å². The highest BCUT2D eigenvalue weighted by Crippen LogP contribution is 2.44. The van der Waals surface area contributed by atoms with Crippen molar-refractivity contribution in [3.05, 3.63) is 59.4 Å². The number of allylic oxidation sites excluding steroid dienone is 1. The first kappa shape index (κ1) is 22.8. The number of ketones is 2. The van der Waals surface area contributed by atoms with Gasteiger partial charge < -0.3 is 30.1 Å². The molecule has 1 saturated heterocycles. The Kier molecular flexibility index (Phi) is 6.15. The first-order chi connectivity index (χ1) is 14.7. The van der Waals surface area contributed by atoms with Crippen LogP contribution in [-0.2, 0) is 19.1 Å². The molecule has 1 amide bonds.